The zero-order valence-electron chi connectivity index (χ0n) is 10.3. The molecule has 0 fully saturated rings. The van der Waals surface area contributed by atoms with Gasteiger partial charge in [-0.05, 0) is 24.3 Å². The van der Waals surface area contributed by atoms with Crippen LogP contribution >= 0.6 is 0 Å². The van der Waals surface area contributed by atoms with Crippen LogP contribution in [0.15, 0.2) is 47.1 Å². The second-order valence-corrected chi connectivity index (χ2v) is 4.26. The Morgan fingerprint density at radius 1 is 1.17 bits per heavy atom. The van der Waals surface area contributed by atoms with E-state index in [1.807, 2.05) is 37.4 Å². The van der Waals surface area contributed by atoms with Gasteiger partial charge in [-0.15, -0.1) is 0 Å². The van der Waals surface area contributed by atoms with Gasteiger partial charge in [0.15, 0.2) is 0 Å². The molecule has 18 heavy (non-hydrogen) atoms. The Hall–Kier alpha value is -2.07. The molecule has 0 aliphatic rings. The quantitative estimate of drug-likeness (QED) is 0.763. The third-order valence-electron chi connectivity index (χ3n) is 3.04. The third kappa shape index (κ3) is 2.02. The van der Waals surface area contributed by atoms with E-state index in [1.54, 1.807) is 6.26 Å². The Morgan fingerprint density at radius 3 is 2.83 bits per heavy atom. The lowest BCUT2D eigenvalue weighted by Gasteiger charge is -2.03. The summed E-state index contributed by atoms with van der Waals surface area (Å²) < 4.78 is 7.39. The maximum atomic E-state index is 5.27. The number of hydrogen-bond donors (Lipinski definition) is 1. The van der Waals surface area contributed by atoms with Crippen LogP contribution in [0.5, 0.6) is 0 Å². The average Bonchev–Trinajstić information content (AvgIpc) is 3.00. The van der Waals surface area contributed by atoms with Gasteiger partial charge in [0.2, 0.25) is 0 Å². The van der Waals surface area contributed by atoms with Gasteiger partial charge < -0.3 is 14.3 Å². The average molecular weight is 241 g/mol. The van der Waals surface area contributed by atoms with E-state index in [1.165, 1.54) is 0 Å². The second kappa shape index (κ2) is 4.66. The van der Waals surface area contributed by atoms with Crippen LogP contribution in [0.3, 0.4) is 0 Å². The van der Waals surface area contributed by atoms with Gasteiger partial charge in [-0.2, -0.15) is 0 Å². The second-order valence-electron chi connectivity index (χ2n) is 4.26. The lowest BCUT2D eigenvalue weighted by Crippen LogP contribution is -2.15. The van der Waals surface area contributed by atoms with E-state index in [-0.39, 0.29) is 0 Å². The topological polar surface area (TPSA) is 43.0 Å². The van der Waals surface area contributed by atoms with Crippen LogP contribution in [-0.4, -0.2) is 9.55 Å². The van der Waals surface area contributed by atoms with Gasteiger partial charge in [-0.3, -0.25) is 0 Å². The SMILES string of the molecule is Cn1c(CNCc2ccco2)nc2ccccc21. The zero-order chi connectivity index (χ0) is 12.4. The molecule has 1 aromatic carbocycles. The molecule has 0 saturated heterocycles. The van der Waals surface area contributed by atoms with Crippen molar-refractivity contribution in [3.8, 4) is 0 Å². The standard InChI is InChI=1S/C14H15N3O/c1-17-13-7-3-2-6-12(13)16-14(17)10-15-9-11-5-4-8-18-11/h2-8,15H,9-10H2,1H3. The summed E-state index contributed by atoms with van der Waals surface area (Å²) in [5.74, 6) is 1.97. The van der Waals surface area contributed by atoms with E-state index < -0.39 is 0 Å². The summed E-state index contributed by atoms with van der Waals surface area (Å²) in [6, 6.07) is 12.0. The van der Waals surface area contributed by atoms with Crippen LogP contribution in [-0.2, 0) is 20.1 Å². The van der Waals surface area contributed by atoms with Crippen molar-refractivity contribution in [3.63, 3.8) is 0 Å². The van der Waals surface area contributed by atoms with E-state index in [4.69, 9.17) is 4.42 Å². The van der Waals surface area contributed by atoms with Crippen LogP contribution in [0.4, 0.5) is 0 Å². The first-order chi connectivity index (χ1) is 8.84. The number of nitrogens with one attached hydrogen (secondary N) is 1. The molecule has 0 atom stereocenters. The van der Waals surface area contributed by atoms with Crippen molar-refractivity contribution in [1.82, 2.24) is 14.9 Å². The number of hydrogen-bond acceptors (Lipinski definition) is 3. The lowest BCUT2D eigenvalue weighted by atomic mass is 10.3. The molecule has 3 aromatic rings. The summed E-state index contributed by atoms with van der Waals surface area (Å²) in [4.78, 5) is 4.60. The normalized spacial score (nSPS) is 11.2. The number of fused-ring (bicyclic) bond motifs is 1. The number of nitrogens with zero attached hydrogens (tertiary/aromatic N) is 2. The Balaban J connectivity index is 1.73. The fourth-order valence-electron chi connectivity index (χ4n) is 2.06. The number of benzene rings is 1. The monoisotopic (exact) mass is 241 g/mol. The molecule has 2 aromatic heterocycles. The zero-order valence-corrected chi connectivity index (χ0v) is 10.3. The van der Waals surface area contributed by atoms with Gasteiger partial charge in [-0.25, -0.2) is 4.98 Å². The van der Waals surface area contributed by atoms with Crippen LogP contribution in [0.25, 0.3) is 11.0 Å². The highest BCUT2D eigenvalue weighted by Crippen LogP contribution is 2.14. The first kappa shape index (κ1) is 11.0. The molecule has 1 N–H and O–H groups in total. The summed E-state index contributed by atoms with van der Waals surface area (Å²) >= 11 is 0. The third-order valence-corrected chi connectivity index (χ3v) is 3.04. The largest absolute Gasteiger partial charge is 0.468 e. The molecule has 92 valence electrons. The van der Waals surface area contributed by atoms with E-state index in [9.17, 15) is 0 Å². The van der Waals surface area contributed by atoms with Gasteiger partial charge >= 0.3 is 0 Å². The highest BCUT2D eigenvalue weighted by Gasteiger charge is 2.06. The summed E-state index contributed by atoms with van der Waals surface area (Å²) in [6.45, 7) is 1.45. The first-order valence-corrected chi connectivity index (χ1v) is 5.98. The molecule has 0 saturated carbocycles. The Labute approximate surface area is 105 Å². The number of para-hydroxylation sites is 2. The molecule has 0 aliphatic heterocycles. The molecule has 0 amide bonds. The minimum atomic E-state index is 0.718. The van der Waals surface area contributed by atoms with Crippen LogP contribution in [0, 0.1) is 0 Å². The fraction of sp³-hybridized carbons (Fsp3) is 0.214. The van der Waals surface area contributed by atoms with Gasteiger partial charge in [0.1, 0.15) is 11.6 Å². The Bertz CT molecular complexity index is 640. The highest BCUT2D eigenvalue weighted by molar-refractivity contribution is 5.75. The molecular weight excluding hydrogens is 226 g/mol. The van der Waals surface area contributed by atoms with Crippen molar-refractivity contribution in [2.75, 3.05) is 0 Å². The summed E-state index contributed by atoms with van der Waals surface area (Å²) in [7, 11) is 2.04. The maximum Gasteiger partial charge on any atom is 0.123 e. The molecule has 4 heteroatoms. The van der Waals surface area contributed by atoms with Gasteiger partial charge in [0.25, 0.3) is 0 Å². The number of furan rings is 1. The number of aryl methyl sites for hydroxylation is 1. The van der Waals surface area contributed by atoms with Gasteiger partial charge in [-0.1, -0.05) is 12.1 Å². The van der Waals surface area contributed by atoms with E-state index in [0.717, 1.165) is 35.7 Å². The number of aromatic nitrogens is 2. The summed E-state index contributed by atoms with van der Waals surface area (Å²) in [6.07, 6.45) is 1.69. The predicted molar refractivity (Wildman–Crippen MR) is 70.0 cm³/mol. The first-order valence-electron chi connectivity index (χ1n) is 5.98. The highest BCUT2D eigenvalue weighted by atomic mass is 16.3. The number of imidazole rings is 1. The molecular formula is C14H15N3O. The van der Waals surface area contributed by atoms with Crippen LogP contribution in [0.1, 0.15) is 11.6 Å². The Kier molecular flexibility index (Phi) is 2.86. The van der Waals surface area contributed by atoms with E-state index >= 15 is 0 Å². The van der Waals surface area contributed by atoms with Crippen molar-refractivity contribution in [3.05, 3.63) is 54.2 Å². The molecule has 2 heterocycles. The predicted octanol–water partition coefficient (Wildman–Crippen LogP) is 2.46. The minimum absolute atomic E-state index is 0.718. The molecule has 0 spiro atoms. The molecule has 4 nitrogen and oxygen atoms in total. The lowest BCUT2D eigenvalue weighted by molar-refractivity contribution is 0.479. The van der Waals surface area contributed by atoms with Crippen molar-refractivity contribution in [1.29, 1.82) is 0 Å². The van der Waals surface area contributed by atoms with Crippen molar-refractivity contribution in [2.45, 2.75) is 13.1 Å². The molecule has 0 radical (unpaired) electrons. The minimum Gasteiger partial charge on any atom is -0.468 e. The van der Waals surface area contributed by atoms with Crippen molar-refractivity contribution in [2.24, 2.45) is 7.05 Å². The molecule has 0 bridgehead atoms. The maximum absolute atomic E-state index is 5.27. The van der Waals surface area contributed by atoms with E-state index in [0.29, 0.717) is 0 Å². The summed E-state index contributed by atoms with van der Waals surface area (Å²) in [5, 5.41) is 3.33. The number of rotatable bonds is 4. The molecule has 0 aliphatic carbocycles. The fourth-order valence-corrected chi connectivity index (χ4v) is 2.06. The van der Waals surface area contributed by atoms with Gasteiger partial charge in [0.05, 0.1) is 30.4 Å². The van der Waals surface area contributed by atoms with Crippen LogP contribution in [0.2, 0.25) is 0 Å². The van der Waals surface area contributed by atoms with Gasteiger partial charge in [0, 0.05) is 7.05 Å². The van der Waals surface area contributed by atoms with E-state index in [2.05, 4.69) is 20.9 Å². The smallest absolute Gasteiger partial charge is 0.123 e. The molecule has 3 rings (SSSR count). The molecule has 0 unspecified atom stereocenters. The van der Waals surface area contributed by atoms with Crippen molar-refractivity contribution < 1.29 is 4.42 Å². The van der Waals surface area contributed by atoms with Crippen LogP contribution < -0.4 is 5.32 Å². The Morgan fingerprint density at radius 2 is 2.06 bits per heavy atom. The van der Waals surface area contributed by atoms with Crippen molar-refractivity contribution >= 4 is 11.0 Å². The summed E-state index contributed by atoms with van der Waals surface area (Å²) in [5.41, 5.74) is 2.20.